The molecule has 0 amide bonds. The van der Waals surface area contributed by atoms with Crippen molar-refractivity contribution < 1.29 is 4.74 Å². The van der Waals surface area contributed by atoms with Crippen molar-refractivity contribution in [2.75, 3.05) is 24.5 Å². The molecule has 7 heteroatoms. The second-order valence-electron chi connectivity index (χ2n) is 10.4. The molecular weight excluding hydrogens is 460 g/mol. The van der Waals surface area contributed by atoms with E-state index in [1.54, 1.807) is 0 Å². The Balaban J connectivity index is 1.20. The summed E-state index contributed by atoms with van der Waals surface area (Å²) in [4.78, 5) is 14.3. The molecule has 1 unspecified atom stereocenters. The lowest BCUT2D eigenvalue weighted by molar-refractivity contribution is 0.469. The highest BCUT2D eigenvalue weighted by Crippen LogP contribution is 2.52. The number of benzene rings is 2. The van der Waals surface area contributed by atoms with Gasteiger partial charge in [0.15, 0.2) is 11.5 Å². The van der Waals surface area contributed by atoms with E-state index in [4.69, 9.17) is 9.72 Å². The number of H-pyrrole nitrogens is 2. The summed E-state index contributed by atoms with van der Waals surface area (Å²) >= 11 is 0. The molecule has 1 fully saturated rings. The zero-order valence-corrected chi connectivity index (χ0v) is 21.4. The number of imidazole rings is 1. The first-order valence-electron chi connectivity index (χ1n) is 13.7. The Bertz CT molecular complexity index is 1430. The number of aryl methyl sites for hydroxylation is 1. The van der Waals surface area contributed by atoms with Crippen LogP contribution in [0.1, 0.15) is 55.7 Å². The van der Waals surface area contributed by atoms with Gasteiger partial charge in [-0.25, -0.2) is 4.98 Å². The van der Waals surface area contributed by atoms with Gasteiger partial charge in [-0.2, -0.15) is 0 Å². The highest BCUT2D eigenvalue weighted by atomic mass is 16.5. The number of anilines is 2. The minimum atomic E-state index is 0.331. The Kier molecular flexibility index (Phi) is 5.75. The first-order valence-corrected chi connectivity index (χ1v) is 13.7. The van der Waals surface area contributed by atoms with Crippen molar-refractivity contribution in [3.05, 3.63) is 65.7 Å². The van der Waals surface area contributed by atoms with Gasteiger partial charge in [0.25, 0.3) is 0 Å². The number of ether oxygens (including phenoxy) is 1. The SMILES string of the molecule is CCCNCc1ccc(-c2ccc3c(c2)Oc2cc(-c4cnc(C5CCCN5)[nH]4)cc4c2N3CCC4)[nH]1. The smallest absolute Gasteiger partial charge is 0.152 e. The van der Waals surface area contributed by atoms with Crippen molar-refractivity contribution in [1.29, 1.82) is 0 Å². The molecule has 2 aromatic heterocycles. The fourth-order valence-corrected chi connectivity index (χ4v) is 5.97. The van der Waals surface area contributed by atoms with E-state index in [9.17, 15) is 0 Å². The quantitative estimate of drug-likeness (QED) is 0.231. The summed E-state index contributed by atoms with van der Waals surface area (Å²) in [6.07, 6.45) is 7.63. The van der Waals surface area contributed by atoms with Crippen molar-refractivity contribution in [1.82, 2.24) is 25.6 Å². The third-order valence-electron chi connectivity index (χ3n) is 7.82. The molecule has 0 bridgehead atoms. The van der Waals surface area contributed by atoms with Crippen LogP contribution in [0.15, 0.2) is 48.7 Å². The highest BCUT2D eigenvalue weighted by Gasteiger charge is 2.31. The number of rotatable bonds is 7. The van der Waals surface area contributed by atoms with Gasteiger partial charge in [0.05, 0.1) is 29.3 Å². The molecule has 7 nitrogen and oxygen atoms in total. The van der Waals surface area contributed by atoms with Crippen LogP contribution in [0, 0.1) is 0 Å². The van der Waals surface area contributed by atoms with Crippen molar-refractivity contribution in [3.8, 4) is 34.0 Å². The molecule has 0 aliphatic carbocycles. The number of fused-ring (bicyclic) bond motifs is 2. The fraction of sp³-hybridized carbons (Fsp3) is 0.367. The third-order valence-corrected chi connectivity index (χ3v) is 7.82. The minimum Gasteiger partial charge on any atom is -0.453 e. The van der Waals surface area contributed by atoms with Gasteiger partial charge < -0.3 is 30.2 Å². The Labute approximate surface area is 217 Å². The summed E-state index contributed by atoms with van der Waals surface area (Å²) in [5, 5.41) is 7.00. The molecular formula is C30H34N6O. The van der Waals surface area contributed by atoms with E-state index < -0.39 is 0 Å². The van der Waals surface area contributed by atoms with Crippen molar-refractivity contribution >= 4 is 11.4 Å². The van der Waals surface area contributed by atoms with E-state index in [1.165, 1.54) is 23.4 Å². The van der Waals surface area contributed by atoms with Crippen LogP contribution in [0.25, 0.3) is 22.5 Å². The summed E-state index contributed by atoms with van der Waals surface area (Å²) < 4.78 is 6.63. The van der Waals surface area contributed by atoms with Crippen molar-refractivity contribution in [2.45, 2.75) is 51.6 Å². The molecule has 37 heavy (non-hydrogen) atoms. The Morgan fingerprint density at radius 1 is 1.03 bits per heavy atom. The number of hydrogen-bond acceptors (Lipinski definition) is 5. The van der Waals surface area contributed by atoms with Crippen LogP contribution in [-0.2, 0) is 13.0 Å². The Morgan fingerprint density at radius 3 is 2.86 bits per heavy atom. The van der Waals surface area contributed by atoms with Crippen LogP contribution in [0.3, 0.4) is 0 Å². The summed E-state index contributed by atoms with van der Waals surface area (Å²) in [5.74, 6) is 2.88. The summed E-state index contributed by atoms with van der Waals surface area (Å²) in [7, 11) is 0. The second kappa shape index (κ2) is 9.39. The van der Waals surface area contributed by atoms with Crippen LogP contribution in [0.5, 0.6) is 11.5 Å². The monoisotopic (exact) mass is 494 g/mol. The van der Waals surface area contributed by atoms with Gasteiger partial charge in [0.2, 0.25) is 0 Å². The normalized spacial score (nSPS) is 18.0. The second-order valence-corrected chi connectivity index (χ2v) is 10.4. The maximum absolute atomic E-state index is 6.63. The molecule has 190 valence electrons. The van der Waals surface area contributed by atoms with E-state index >= 15 is 0 Å². The predicted octanol–water partition coefficient (Wildman–Crippen LogP) is 6.19. The van der Waals surface area contributed by atoms with Crippen LogP contribution >= 0.6 is 0 Å². The molecule has 3 aliphatic heterocycles. The van der Waals surface area contributed by atoms with Gasteiger partial charge >= 0.3 is 0 Å². The van der Waals surface area contributed by atoms with Crippen LogP contribution in [-0.4, -0.2) is 34.6 Å². The van der Waals surface area contributed by atoms with Crippen LogP contribution in [0.2, 0.25) is 0 Å². The van der Waals surface area contributed by atoms with Gasteiger partial charge in [-0.15, -0.1) is 0 Å². The largest absolute Gasteiger partial charge is 0.453 e. The maximum atomic E-state index is 6.63. The summed E-state index contributed by atoms with van der Waals surface area (Å²) in [6.45, 7) is 6.14. The van der Waals surface area contributed by atoms with Crippen molar-refractivity contribution in [2.24, 2.45) is 0 Å². The first kappa shape index (κ1) is 22.6. The molecule has 3 aliphatic rings. The predicted molar refractivity (Wildman–Crippen MR) is 148 cm³/mol. The molecule has 0 saturated carbocycles. The summed E-state index contributed by atoms with van der Waals surface area (Å²) in [5.41, 5.74) is 9.36. The molecule has 7 rings (SSSR count). The number of aromatic amines is 2. The van der Waals surface area contributed by atoms with E-state index in [2.05, 4.69) is 74.9 Å². The Hall–Kier alpha value is -3.55. The number of hydrogen-bond donors (Lipinski definition) is 4. The number of nitrogens with zero attached hydrogens (tertiary/aromatic N) is 2. The average molecular weight is 495 g/mol. The standard InChI is InChI=1S/C30H34N6O/c1-2-11-31-17-22-8-9-23(34-22)19-7-10-26-27(15-19)37-28-16-21(14-20-5-4-13-36(26)29(20)28)25-18-33-30(35-25)24-6-3-12-32-24/h7-10,14-16,18,24,31-32,34H,2-6,11-13,17H2,1H3,(H,33,35). The molecule has 5 heterocycles. The first-order chi connectivity index (χ1) is 18.3. The lowest BCUT2D eigenvalue weighted by atomic mass is 9.95. The lowest BCUT2D eigenvalue weighted by Crippen LogP contribution is -2.27. The van der Waals surface area contributed by atoms with E-state index in [1.807, 2.05) is 6.20 Å². The van der Waals surface area contributed by atoms with E-state index in [0.29, 0.717) is 6.04 Å². The van der Waals surface area contributed by atoms with Gasteiger partial charge in [0, 0.05) is 35.6 Å². The molecule has 2 aromatic carbocycles. The van der Waals surface area contributed by atoms with Crippen LogP contribution in [0.4, 0.5) is 11.4 Å². The minimum absolute atomic E-state index is 0.331. The third kappa shape index (κ3) is 4.12. The fourth-order valence-electron chi connectivity index (χ4n) is 5.97. The van der Waals surface area contributed by atoms with Gasteiger partial charge in [-0.3, -0.25) is 0 Å². The van der Waals surface area contributed by atoms with E-state index in [-0.39, 0.29) is 0 Å². The van der Waals surface area contributed by atoms with Gasteiger partial charge in [-0.05, 0) is 87.2 Å². The number of nitrogens with one attached hydrogen (secondary N) is 4. The van der Waals surface area contributed by atoms with Gasteiger partial charge in [0.1, 0.15) is 5.82 Å². The average Bonchev–Trinajstić information content (AvgIpc) is 3.71. The molecule has 0 radical (unpaired) electrons. The van der Waals surface area contributed by atoms with Crippen LogP contribution < -0.4 is 20.3 Å². The Morgan fingerprint density at radius 2 is 1.97 bits per heavy atom. The van der Waals surface area contributed by atoms with Gasteiger partial charge in [-0.1, -0.05) is 13.0 Å². The lowest BCUT2D eigenvalue weighted by Gasteiger charge is -2.37. The topological polar surface area (TPSA) is 81.0 Å². The zero-order chi connectivity index (χ0) is 24.8. The summed E-state index contributed by atoms with van der Waals surface area (Å²) in [6, 6.07) is 15.7. The molecule has 1 atom stereocenters. The van der Waals surface area contributed by atoms with E-state index in [0.717, 1.165) is 97.4 Å². The molecule has 4 aromatic rings. The molecule has 0 spiro atoms. The molecule has 1 saturated heterocycles. The number of aromatic nitrogens is 3. The highest BCUT2D eigenvalue weighted by molar-refractivity contribution is 5.85. The molecule has 4 N–H and O–H groups in total. The van der Waals surface area contributed by atoms with Crippen molar-refractivity contribution in [3.63, 3.8) is 0 Å². The maximum Gasteiger partial charge on any atom is 0.152 e. The zero-order valence-electron chi connectivity index (χ0n) is 21.4.